The van der Waals surface area contributed by atoms with Crippen LogP contribution in [-0.2, 0) is 5.41 Å². The van der Waals surface area contributed by atoms with Crippen molar-refractivity contribution in [2.75, 3.05) is 24.2 Å². The Bertz CT molecular complexity index is 625. The molecule has 2 atom stereocenters. The summed E-state index contributed by atoms with van der Waals surface area (Å²) in [6.07, 6.45) is -1.33. The molecule has 0 saturated carbocycles. The van der Waals surface area contributed by atoms with Crippen LogP contribution in [0, 0.1) is 0 Å². The Morgan fingerprint density at radius 2 is 1.22 bits per heavy atom. The molecular weight excluding hydrogens is 459 g/mol. The number of rotatable bonds is 10. The highest BCUT2D eigenvalue weighted by Gasteiger charge is 2.23. The van der Waals surface area contributed by atoms with E-state index in [1.807, 2.05) is 48.5 Å². The van der Waals surface area contributed by atoms with Crippen LogP contribution in [0.4, 0.5) is 0 Å². The number of hydrogen-bond donors (Lipinski definition) is 3. The van der Waals surface area contributed by atoms with E-state index in [1.165, 1.54) is 0 Å². The lowest BCUT2D eigenvalue weighted by Crippen LogP contribution is -2.21. The van der Waals surface area contributed by atoms with Crippen LogP contribution in [0.2, 0.25) is 0 Å². The van der Waals surface area contributed by atoms with Crippen molar-refractivity contribution < 1.29 is 24.8 Å². The van der Waals surface area contributed by atoms with Crippen LogP contribution in [-0.4, -0.2) is 51.8 Å². The van der Waals surface area contributed by atoms with Gasteiger partial charge < -0.3 is 24.8 Å². The van der Waals surface area contributed by atoms with E-state index >= 15 is 0 Å². The van der Waals surface area contributed by atoms with Crippen LogP contribution in [0.1, 0.15) is 25.0 Å². The predicted molar refractivity (Wildman–Crippen MR) is 114 cm³/mol. The van der Waals surface area contributed by atoms with E-state index in [1.54, 1.807) is 0 Å². The SMILES string of the molecule is CC(C)(c1ccc(OCC(O)CO)cc1)c1ccc(OC[C@@H](O)CI)cc1. The molecule has 0 aliphatic heterocycles. The number of hydrogen-bond acceptors (Lipinski definition) is 5. The standard InChI is InChI=1S/C21H27IO5/c1-21(2,15-3-7-19(8-4-15)26-13-17(24)11-22)16-5-9-20(10-6-16)27-14-18(25)12-23/h3-10,17-18,23-25H,11-14H2,1-2H3/t17-,18?/m0/s1. The van der Waals surface area contributed by atoms with E-state index in [0.29, 0.717) is 10.2 Å². The smallest absolute Gasteiger partial charge is 0.119 e. The summed E-state index contributed by atoms with van der Waals surface area (Å²) in [5.41, 5.74) is 2.07. The monoisotopic (exact) mass is 486 g/mol. The van der Waals surface area contributed by atoms with Gasteiger partial charge in [0.2, 0.25) is 0 Å². The average molecular weight is 486 g/mol. The molecule has 0 fully saturated rings. The molecule has 0 saturated heterocycles. The van der Waals surface area contributed by atoms with E-state index in [4.69, 9.17) is 14.6 Å². The van der Waals surface area contributed by atoms with Gasteiger partial charge in [-0.3, -0.25) is 0 Å². The Kier molecular flexibility index (Phi) is 8.34. The third kappa shape index (κ3) is 6.34. The Labute approximate surface area is 174 Å². The lowest BCUT2D eigenvalue weighted by Gasteiger charge is -2.26. The molecule has 2 aromatic carbocycles. The van der Waals surface area contributed by atoms with Gasteiger partial charge in [-0.2, -0.15) is 0 Å². The molecular formula is C21H27IO5. The molecule has 0 bridgehead atoms. The molecule has 3 N–H and O–H groups in total. The largest absolute Gasteiger partial charge is 0.491 e. The fourth-order valence-corrected chi connectivity index (χ4v) is 2.84. The molecule has 0 aliphatic rings. The first kappa shape index (κ1) is 21.9. The highest BCUT2D eigenvalue weighted by Crippen LogP contribution is 2.33. The molecule has 1 unspecified atom stereocenters. The molecule has 148 valence electrons. The molecule has 0 radical (unpaired) electrons. The van der Waals surface area contributed by atoms with E-state index in [0.717, 1.165) is 16.9 Å². The molecule has 5 nitrogen and oxygen atoms in total. The third-order valence-electron chi connectivity index (χ3n) is 4.43. The quantitative estimate of drug-likeness (QED) is 0.356. The van der Waals surface area contributed by atoms with Crippen LogP contribution in [0.5, 0.6) is 11.5 Å². The van der Waals surface area contributed by atoms with Gasteiger partial charge in [0.25, 0.3) is 0 Å². The predicted octanol–water partition coefficient (Wildman–Crippen LogP) is 2.92. The number of benzene rings is 2. The van der Waals surface area contributed by atoms with Crippen molar-refractivity contribution in [1.29, 1.82) is 0 Å². The second kappa shape index (κ2) is 10.3. The van der Waals surface area contributed by atoms with Crippen molar-refractivity contribution in [3.05, 3.63) is 59.7 Å². The summed E-state index contributed by atoms with van der Waals surface area (Å²) in [5, 5.41) is 27.8. The average Bonchev–Trinajstić information content (AvgIpc) is 2.70. The van der Waals surface area contributed by atoms with Crippen molar-refractivity contribution in [3.63, 3.8) is 0 Å². The topological polar surface area (TPSA) is 79.2 Å². The van der Waals surface area contributed by atoms with Crippen LogP contribution < -0.4 is 9.47 Å². The molecule has 0 aromatic heterocycles. The minimum Gasteiger partial charge on any atom is -0.491 e. The molecule has 0 spiro atoms. The molecule has 6 heteroatoms. The van der Waals surface area contributed by atoms with Gasteiger partial charge in [-0.05, 0) is 35.4 Å². The Morgan fingerprint density at radius 3 is 1.59 bits per heavy atom. The van der Waals surface area contributed by atoms with Gasteiger partial charge >= 0.3 is 0 Å². The minimum atomic E-state index is -0.875. The summed E-state index contributed by atoms with van der Waals surface area (Å²) in [4.78, 5) is 0. The first-order valence-corrected chi connectivity index (χ1v) is 10.4. The first-order chi connectivity index (χ1) is 12.9. The molecule has 27 heavy (non-hydrogen) atoms. The summed E-state index contributed by atoms with van der Waals surface area (Å²) in [5.74, 6) is 1.39. The van der Waals surface area contributed by atoms with Gasteiger partial charge in [0.15, 0.2) is 0 Å². The van der Waals surface area contributed by atoms with Gasteiger partial charge in [-0.15, -0.1) is 0 Å². The van der Waals surface area contributed by atoms with Crippen LogP contribution >= 0.6 is 22.6 Å². The van der Waals surface area contributed by atoms with Gasteiger partial charge in [0, 0.05) is 9.84 Å². The second-order valence-corrected chi connectivity index (χ2v) is 7.82. The number of aliphatic hydroxyl groups is 3. The van der Waals surface area contributed by atoms with E-state index in [-0.39, 0.29) is 25.2 Å². The summed E-state index contributed by atoms with van der Waals surface area (Å²) in [7, 11) is 0. The highest BCUT2D eigenvalue weighted by atomic mass is 127. The van der Waals surface area contributed by atoms with Crippen molar-refractivity contribution >= 4 is 22.6 Å². The summed E-state index contributed by atoms with van der Waals surface area (Å²) >= 11 is 2.13. The van der Waals surface area contributed by atoms with E-state index in [9.17, 15) is 10.2 Å². The fourth-order valence-electron chi connectivity index (χ4n) is 2.58. The summed E-state index contributed by atoms with van der Waals surface area (Å²) in [6, 6.07) is 15.6. The van der Waals surface area contributed by atoms with Crippen LogP contribution in [0.3, 0.4) is 0 Å². The second-order valence-electron chi connectivity index (χ2n) is 6.94. The van der Waals surface area contributed by atoms with Gasteiger partial charge in [0.05, 0.1) is 12.7 Å². The van der Waals surface area contributed by atoms with Crippen molar-refractivity contribution in [1.82, 2.24) is 0 Å². The Morgan fingerprint density at radius 1 is 0.815 bits per heavy atom. The van der Waals surface area contributed by atoms with Gasteiger partial charge in [-0.25, -0.2) is 0 Å². The fraction of sp³-hybridized carbons (Fsp3) is 0.429. The maximum Gasteiger partial charge on any atom is 0.119 e. The van der Waals surface area contributed by atoms with Gasteiger partial charge in [0.1, 0.15) is 30.8 Å². The van der Waals surface area contributed by atoms with Crippen molar-refractivity contribution in [2.45, 2.75) is 31.5 Å². The number of aliphatic hydroxyl groups excluding tert-OH is 3. The van der Waals surface area contributed by atoms with Crippen LogP contribution in [0.25, 0.3) is 0 Å². The lowest BCUT2D eigenvalue weighted by atomic mass is 9.78. The van der Waals surface area contributed by atoms with E-state index in [2.05, 4.69) is 36.4 Å². The normalized spacial score (nSPS) is 13.9. The summed E-state index contributed by atoms with van der Waals surface area (Å²) < 4.78 is 11.7. The Balaban J connectivity index is 2.04. The molecule has 0 amide bonds. The summed E-state index contributed by atoms with van der Waals surface area (Å²) in [6.45, 7) is 4.33. The third-order valence-corrected chi connectivity index (χ3v) is 5.44. The number of halogens is 1. The van der Waals surface area contributed by atoms with Crippen molar-refractivity contribution in [2.24, 2.45) is 0 Å². The first-order valence-electron chi connectivity index (χ1n) is 8.86. The molecule has 0 aliphatic carbocycles. The highest BCUT2D eigenvalue weighted by molar-refractivity contribution is 14.1. The number of alkyl halides is 1. The zero-order chi connectivity index (χ0) is 19.9. The minimum absolute atomic E-state index is 0.0625. The zero-order valence-electron chi connectivity index (χ0n) is 15.6. The van der Waals surface area contributed by atoms with Crippen LogP contribution in [0.15, 0.2) is 48.5 Å². The zero-order valence-corrected chi connectivity index (χ0v) is 17.8. The molecule has 0 heterocycles. The number of ether oxygens (including phenoxy) is 2. The van der Waals surface area contributed by atoms with Crippen molar-refractivity contribution in [3.8, 4) is 11.5 Å². The molecule has 2 rings (SSSR count). The van der Waals surface area contributed by atoms with Gasteiger partial charge in [-0.1, -0.05) is 60.7 Å². The Hall–Kier alpha value is -1.35. The maximum absolute atomic E-state index is 9.59. The maximum atomic E-state index is 9.59. The lowest BCUT2D eigenvalue weighted by molar-refractivity contribution is 0.0536. The molecule has 2 aromatic rings. The van der Waals surface area contributed by atoms with E-state index < -0.39 is 12.2 Å².